The van der Waals surface area contributed by atoms with Crippen molar-refractivity contribution in [1.82, 2.24) is 9.97 Å². The highest BCUT2D eigenvalue weighted by Crippen LogP contribution is 2.27. The minimum Gasteiger partial charge on any atom is -0.490 e. The van der Waals surface area contributed by atoms with Gasteiger partial charge in [-0.05, 0) is 43.5 Å². The van der Waals surface area contributed by atoms with E-state index in [9.17, 15) is 5.11 Å². The molecule has 130 valence electrons. The summed E-state index contributed by atoms with van der Waals surface area (Å²) in [6.45, 7) is 6.40. The maximum Gasteiger partial charge on any atom is 0.125 e. The van der Waals surface area contributed by atoms with Crippen molar-refractivity contribution in [2.24, 2.45) is 0 Å². The number of nitrogens with zero attached hydrogens (tertiary/aromatic N) is 2. The van der Waals surface area contributed by atoms with Crippen molar-refractivity contribution in [3.8, 4) is 5.75 Å². The lowest BCUT2D eigenvalue weighted by atomic mass is 10.1. The third-order valence-corrected chi connectivity index (χ3v) is 5.36. The van der Waals surface area contributed by atoms with Crippen molar-refractivity contribution in [2.45, 2.75) is 31.9 Å². The monoisotopic (exact) mass is 354 g/mol. The van der Waals surface area contributed by atoms with Crippen LogP contribution in [0, 0.1) is 20.8 Å². The molecule has 1 aromatic heterocycles. The van der Waals surface area contributed by atoms with E-state index in [0.29, 0.717) is 5.75 Å². The van der Waals surface area contributed by atoms with Gasteiger partial charge in [0.2, 0.25) is 0 Å². The van der Waals surface area contributed by atoms with Crippen LogP contribution in [0.2, 0.25) is 0 Å². The zero-order chi connectivity index (χ0) is 17.8. The van der Waals surface area contributed by atoms with Crippen LogP contribution in [0.5, 0.6) is 5.75 Å². The molecule has 3 rings (SSSR count). The lowest BCUT2D eigenvalue weighted by molar-refractivity contribution is 0.125. The second-order valence-electron chi connectivity index (χ2n) is 6.13. The van der Waals surface area contributed by atoms with Crippen LogP contribution in [0.15, 0.2) is 47.8 Å². The Kier molecular flexibility index (Phi) is 5.56. The van der Waals surface area contributed by atoms with Gasteiger partial charge in [0, 0.05) is 11.1 Å². The van der Waals surface area contributed by atoms with Crippen molar-refractivity contribution in [3.05, 3.63) is 59.4 Å². The van der Waals surface area contributed by atoms with E-state index in [4.69, 9.17) is 4.74 Å². The van der Waals surface area contributed by atoms with Gasteiger partial charge >= 0.3 is 0 Å². The van der Waals surface area contributed by atoms with E-state index in [2.05, 4.69) is 23.0 Å². The lowest BCUT2D eigenvalue weighted by Crippen LogP contribution is -2.20. The first-order valence-electron chi connectivity index (χ1n) is 8.26. The number of aromatic nitrogens is 2. The number of aliphatic hydroxyl groups is 1. The molecular formula is C20H22N2O2S. The average Bonchev–Trinajstić information content (AvgIpc) is 2.63. The fraction of sp³-hybridized carbons (Fsp3) is 0.300. The van der Waals surface area contributed by atoms with Gasteiger partial charge in [0.1, 0.15) is 23.7 Å². The molecule has 2 aromatic carbocycles. The first-order chi connectivity index (χ1) is 12.1. The normalized spacial score (nSPS) is 12.3. The summed E-state index contributed by atoms with van der Waals surface area (Å²) in [7, 11) is 0. The molecule has 0 unspecified atom stereocenters. The Morgan fingerprint density at radius 1 is 1.04 bits per heavy atom. The number of ether oxygens (including phenoxy) is 1. The summed E-state index contributed by atoms with van der Waals surface area (Å²) in [6, 6.07) is 12.0. The number of fused-ring (bicyclic) bond motifs is 1. The van der Waals surface area contributed by atoms with Crippen LogP contribution >= 0.6 is 11.8 Å². The first-order valence-corrected chi connectivity index (χ1v) is 9.25. The van der Waals surface area contributed by atoms with Crippen LogP contribution in [0.1, 0.15) is 16.7 Å². The number of rotatable bonds is 6. The van der Waals surface area contributed by atoms with Gasteiger partial charge in [0.05, 0.1) is 11.6 Å². The number of benzene rings is 2. The zero-order valence-electron chi connectivity index (χ0n) is 14.7. The number of aliphatic hydroxyl groups excluding tert-OH is 1. The van der Waals surface area contributed by atoms with Crippen LogP contribution in [-0.2, 0) is 0 Å². The summed E-state index contributed by atoms with van der Waals surface area (Å²) >= 11 is 1.52. The Bertz CT molecular complexity index is 877. The summed E-state index contributed by atoms with van der Waals surface area (Å²) in [4.78, 5) is 8.60. The summed E-state index contributed by atoms with van der Waals surface area (Å²) in [6.07, 6.45) is 0.991. The van der Waals surface area contributed by atoms with Crippen LogP contribution in [0.4, 0.5) is 0 Å². The predicted octanol–water partition coefficient (Wildman–Crippen LogP) is 4.09. The van der Waals surface area contributed by atoms with Gasteiger partial charge in [-0.2, -0.15) is 0 Å². The van der Waals surface area contributed by atoms with Crippen LogP contribution < -0.4 is 4.74 Å². The van der Waals surface area contributed by atoms with E-state index in [1.165, 1.54) is 17.3 Å². The smallest absolute Gasteiger partial charge is 0.125 e. The Morgan fingerprint density at radius 3 is 2.64 bits per heavy atom. The predicted molar refractivity (Wildman–Crippen MR) is 102 cm³/mol. The molecule has 0 fully saturated rings. The van der Waals surface area contributed by atoms with Crippen molar-refractivity contribution < 1.29 is 9.84 Å². The molecule has 1 heterocycles. The van der Waals surface area contributed by atoms with E-state index >= 15 is 0 Å². The van der Waals surface area contributed by atoms with Gasteiger partial charge in [-0.25, -0.2) is 9.97 Å². The Balaban J connectivity index is 1.62. The van der Waals surface area contributed by atoms with Crippen molar-refractivity contribution in [1.29, 1.82) is 0 Å². The molecule has 0 saturated carbocycles. The largest absolute Gasteiger partial charge is 0.490 e. The van der Waals surface area contributed by atoms with E-state index in [-0.39, 0.29) is 6.61 Å². The van der Waals surface area contributed by atoms with Crippen LogP contribution in [0.3, 0.4) is 0 Å². The molecule has 25 heavy (non-hydrogen) atoms. The summed E-state index contributed by atoms with van der Waals surface area (Å²) in [5.74, 6) is 1.39. The second kappa shape index (κ2) is 7.85. The van der Waals surface area contributed by atoms with E-state index in [1.54, 1.807) is 6.33 Å². The molecule has 0 radical (unpaired) electrons. The minimum absolute atomic E-state index is 0.265. The highest BCUT2D eigenvalue weighted by molar-refractivity contribution is 7.99. The molecule has 3 aromatic rings. The van der Waals surface area contributed by atoms with Crippen LogP contribution in [0.25, 0.3) is 10.9 Å². The SMILES string of the molecule is Cc1ccc(C)c(OC[C@@H](O)CSc2ncnc3ccccc23)c1C. The molecule has 1 atom stereocenters. The van der Waals surface area contributed by atoms with Gasteiger partial charge < -0.3 is 9.84 Å². The maximum atomic E-state index is 10.3. The summed E-state index contributed by atoms with van der Waals surface area (Å²) < 4.78 is 5.89. The average molecular weight is 354 g/mol. The Labute approximate surface area is 152 Å². The molecule has 1 N–H and O–H groups in total. The van der Waals surface area contributed by atoms with Crippen molar-refractivity contribution in [3.63, 3.8) is 0 Å². The molecule has 0 bridgehead atoms. The van der Waals surface area contributed by atoms with Gasteiger partial charge in [-0.3, -0.25) is 0 Å². The number of thioether (sulfide) groups is 1. The van der Waals surface area contributed by atoms with Crippen LogP contribution in [-0.4, -0.2) is 33.5 Å². The standard InChI is InChI=1S/C20H22N2O2S/c1-13-8-9-14(2)19(15(13)3)24-10-16(23)11-25-20-17-6-4-5-7-18(17)21-12-22-20/h4-9,12,16,23H,10-11H2,1-3H3/t16-/m1/s1. The third-order valence-electron chi connectivity index (χ3n) is 4.21. The molecule has 0 amide bonds. The first kappa shape index (κ1) is 17.7. The van der Waals surface area contributed by atoms with Gasteiger partial charge in [0.25, 0.3) is 0 Å². The molecule has 0 saturated heterocycles. The zero-order valence-corrected chi connectivity index (χ0v) is 15.5. The van der Waals surface area contributed by atoms with E-state index in [0.717, 1.165) is 32.8 Å². The van der Waals surface area contributed by atoms with Crippen molar-refractivity contribution in [2.75, 3.05) is 12.4 Å². The quantitative estimate of drug-likeness (QED) is 0.534. The van der Waals surface area contributed by atoms with Gasteiger partial charge in [-0.1, -0.05) is 30.3 Å². The Morgan fingerprint density at radius 2 is 1.80 bits per heavy atom. The fourth-order valence-corrected chi connectivity index (χ4v) is 3.54. The number of hydrogen-bond acceptors (Lipinski definition) is 5. The number of hydrogen-bond donors (Lipinski definition) is 1. The topological polar surface area (TPSA) is 55.2 Å². The summed E-state index contributed by atoms with van der Waals surface area (Å²) in [5.41, 5.74) is 4.32. The molecule has 0 aliphatic heterocycles. The fourth-order valence-electron chi connectivity index (χ4n) is 2.65. The van der Waals surface area contributed by atoms with Gasteiger partial charge in [-0.15, -0.1) is 11.8 Å². The molecular weight excluding hydrogens is 332 g/mol. The van der Waals surface area contributed by atoms with Gasteiger partial charge in [0.15, 0.2) is 0 Å². The van der Waals surface area contributed by atoms with Crippen molar-refractivity contribution >= 4 is 22.7 Å². The molecule has 0 spiro atoms. The highest BCUT2D eigenvalue weighted by Gasteiger charge is 2.12. The minimum atomic E-state index is -0.571. The third kappa shape index (κ3) is 4.11. The molecule has 4 nitrogen and oxygen atoms in total. The Hall–Kier alpha value is -2.11. The number of para-hydroxylation sites is 1. The molecule has 0 aliphatic carbocycles. The van der Waals surface area contributed by atoms with E-state index in [1.807, 2.05) is 44.2 Å². The second-order valence-corrected chi connectivity index (χ2v) is 7.13. The summed E-state index contributed by atoms with van der Waals surface area (Å²) in [5, 5.41) is 12.2. The maximum absolute atomic E-state index is 10.3. The molecule has 5 heteroatoms. The lowest BCUT2D eigenvalue weighted by Gasteiger charge is -2.16. The van der Waals surface area contributed by atoms with E-state index < -0.39 is 6.10 Å². The molecule has 0 aliphatic rings. The number of aryl methyl sites for hydroxylation is 2. The highest BCUT2D eigenvalue weighted by atomic mass is 32.2.